The highest BCUT2D eigenvalue weighted by atomic mass is 14.6. The molecule has 0 bridgehead atoms. The number of nitrogens with two attached hydrogens (primary N) is 2. The molecular weight excluding hydrogens is 488 g/mol. The van der Waals surface area contributed by atoms with Gasteiger partial charge in [-0.3, -0.25) is 0 Å². The van der Waals surface area contributed by atoms with Crippen LogP contribution in [0.1, 0.15) is 38.8 Å². The van der Waals surface area contributed by atoms with E-state index in [9.17, 15) is 0 Å². The molecule has 0 fully saturated rings. The van der Waals surface area contributed by atoms with Crippen molar-refractivity contribution < 1.29 is 0 Å². The normalized spacial score (nSPS) is 12.2. The fourth-order valence-electron chi connectivity index (χ4n) is 4.43. The van der Waals surface area contributed by atoms with Crippen molar-refractivity contribution in [1.29, 1.82) is 10.5 Å². The predicted molar refractivity (Wildman–Crippen MR) is 169 cm³/mol. The lowest BCUT2D eigenvalue weighted by Gasteiger charge is -2.10. The van der Waals surface area contributed by atoms with Gasteiger partial charge in [0.25, 0.3) is 0 Å². The predicted octanol–water partition coefficient (Wildman–Crippen LogP) is 8.74. The molecule has 0 aliphatic rings. The molecular formula is C36H34N4. The molecule has 0 aliphatic carbocycles. The van der Waals surface area contributed by atoms with E-state index < -0.39 is 0 Å². The largest absolute Gasteiger partial charge is 0.390 e. The first-order chi connectivity index (χ1) is 19.4. The first-order valence-electron chi connectivity index (χ1n) is 13.3. The molecule has 0 radical (unpaired) electrons. The summed E-state index contributed by atoms with van der Waals surface area (Å²) in [5.41, 5.74) is 20.1. The number of rotatable bonds is 6. The molecule has 4 N–H and O–H groups in total. The lowest BCUT2D eigenvalue weighted by atomic mass is 9.94. The highest BCUT2D eigenvalue weighted by Crippen LogP contribution is 2.31. The Balaban J connectivity index is 0.00000216. The van der Waals surface area contributed by atoms with E-state index in [1.54, 1.807) is 12.2 Å². The van der Waals surface area contributed by atoms with E-state index in [2.05, 4.69) is 60.7 Å². The van der Waals surface area contributed by atoms with Crippen molar-refractivity contribution >= 4 is 21.9 Å². The van der Waals surface area contributed by atoms with Crippen molar-refractivity contribution in [2.45, 2.75) is 27.7 Å². The van der Waals surface area contributed by atoms with Gasteiger partial charge in [-0.1, -0.05) is 86.7 Å². The molecule has 0 amide bonds. The molecule has 4 rings (SSSR count). The quantitative estimate of drug-likeness (QED) is 0.195. The van der Waals surface area contributed by atoms with Crippen molar-refractivity contribution in [2.24, 2.45) is 11.5 Å². The highest BCUT2D eigenvalue weighted by molar-refractivity contribution is 5.91. The molecule has 0 atom stereocenters. The second-order valence-corrected chi connectivity index (χ2v) is 8.85. The minimum absolute atomic E-state index is 0.181. The van der Waals surface area contributed by atoms with Crippen LogP contribution in [0.25, 0.3) is 44.2 Å². The molecule has 4 aromatic carbocycles. The van der Waals surface area contributed by atoms with Gasteiger partial charge in [0, 0.05) is 0 Å². The fraction of sp³-hybridized carbons (Fsp3) is 0.111. The first kappa shape index (κ1) is 29.2. The maximum Gasteiger partial charge on any atom is 0.117 e. The van der Waals surface area contributed by atoms with E-state index in [1.807, 2.05) is 76.3 Å². The van der Waals surface area contributed by atoms with Crippen molar-refractivity contribution in [3.05, 3.63) is 132 Å². The number of allylic oxidation sites excluding steroid dienone is 8. The van der Waals surface area contributed by atoms with Gasteiger partial charge in [-0.2, -0.15) is 10.5 Å². The lowest BCUT2D eigenvalue weighted by molar-refractivity contribution is 1.39. The van der Waals surface area contributed by atoms with Gasteiger partial charge in [0.15, 0.2) is 0 Å². The van der Waals surface area contributed by atoms with Crippen LogP contribution < -0.4 is 11.5 Å². The van der Waals surface area contributed by atoms with Crippen LogP contribution in [0, 0.1) is 22.7 Å². The first-order valence-corrected chi connectivity index (χ1v) is 13.3. The Bertz CT molecular complexity index is 1590. The van der Waals surface area contributed by atoms with E-state index in [0.717, 1.165) is 55.3 Å². The van der Waals surface area contributed by atoms with E-state index in [4.69, 9.17) is 22.0 Å². The average Bonchev–Trinajstić information content (AvgIpc) is 3.02. The summed E-state index contributed by atoms with van der Waals surface area (Å²) >= 11 is 0. The maximum absolute atomic E-state index is 9.05. The van der Waals surface area contributed by atoms with Gasteiger partial charge in [0.1, 0.15) is 23.5 Å². The summed E-state index contributed by atoms with van der Waals surface area (Å²) in [5.74, 6) is 0. The van der Waals surface area contributed by atoms with Crippen molar-refractivity contribution in [2.75, 3.05) is 0 Å². The molecule has 0 saturated heterocycles. The van der Waals surface area contributed by atoms with E-state index in [-0.39, 0.29) is 11.4 Å². The Morgan fingerprint density at radius 3 is 1.30 bits per heavy atom. The summed E-state index contributed by atoms with van der Waals surface area (Å²) in [4.78, 5) is 0. The van der Waals surface area contributed by atoms with Gasteiger partial charge >= 0.3 is 0 Å². The minimum atomic E-state index is 0.181. The number of nitriles is 2. The number of benzene rings is 4. The maximum atomic E-state index is 9.05. The zero-order valence-corrected chi connectivity index (χ0v) is 23.4. The number of hydrogen-bond acceptors (Lipinski definition) is 4. The van der Waals surface area contributed by atoms with Crippen LogP contribution in [0.15, 0.2) is 121 Å². The smallest absolute Gasteiger partial charge is 0.117 e. The van der Waals surface area contributed by atoms with Crippen LogP contribution in [0.2, 0.25) is 0 Å². The summed E-state index contributed by atoms with van der Waals surface area (Å²) in [6, 6.07) is 33.4. The monoisotopic (exact) mass is 522 g/mol. The van der Waals surface area contributed by atoms with Crippen molar-refractivity contribution in [3.8, 4) is 34.4 Å². The van der Waals surface area contributed by atoms with Gasteiger partial charge in [-0.25, -0.2) is 0 Å². The zero-order valence-electron chi connectivity index (χ0n) is 23.4. The number of fused-ring (bicyclic) bond motifs is 1. The summed E-state index contributed by atoms with van der Waals surface area (Å²) in [6.07, 6.45) is 7.30. The summed E-state index contributed by atoms with van der Waals surface area (Å²) in [7, 11) is 0. The van der Waals surface area contributed by atoms with Gasteiger partial charge in [0.05, 0.1) is 0 Å². The Labute approximate surface area is 237 Å². The van der Waals surface area contributed by atoms with Gasteiger partial charge < -0.3 is 11.5 Å². The standard InChI is InChI=1S/C34H28N4.C2H6/c1-3-23(19-33(37)21-35)25-7-5-9-27(15-25)29-11-13-32-18-30(12-14-31(32)17-29)28-10-6-8-26(16-28)24(4-2)20-34(38)22-36;1-2/h3-20H,37-38H2,1-2H3;1-2H3/b23-3+,24-4+,33-19-,34-20-;. The zero-order chi connectivity index (χ0) is 29.1. The average molecular weight is 523 g/mol. The second kappa shape index (κ2) is 14.0. The Morgan fingerprint density at radius 1 is 0.575 bits per heavy atom. The molecule has 40 heavy (non-hydrogen) atoms. The summed E-state index contributed by atoms with van der Waals surface area (Å²) in [5, 5.41) is 20.4. The third-order valence-corrected chi connectivity index (χ3v) is 6.40. The van der Waals surface area contributed by atoms with E-state index >= 15 is 0 Å². The molecule has 0 aliphatic heterocycles. The Morgan fingerprint density at radius 2 is 0.950 bits per heavy atom. The molecule has 198 valence electrons. The third kappa shape index (κ3) is 6.95. The molecule has 0 saturated carbocycles. The highest BCUT2D eigenvalue weighted by Gasteiger charge is 2.07. The van der Waals surface area contributed by atoms with Crippen LogP contribution >= 0.6 is 0 Å². The molecule has 0 spiro atoms. The molecule has 4 nitrogen and oxygen atoms in total. The number of hydrogen-bond donors (Lipinski definition) is 2. The molecule has 0 heterocycles. The van der Waals surface area contributed by atoms with Crippen molar-refractivity contribution in [1.82, 2.24) is 0 Å². The summed E-state index contributed by atoms with van der Waals surface area (Å²) < 4.78 is 0. The third-order valence-electron chi connectivity index (χ3n) is 6.40. The van der Waals surface area contributed by atoms with Gasteiger partial charge in [-0.15, -0.1) is 0 Å². The number of nitrogens with zero attached hydrogens (tertiary/aromatic N) is 2. The van der Waals surface area contributed by atoms with Crippen LogP contribution in [0.5, 0.6) is 0 Å². The second-order valence-electron chi connectivity index (χ2n) is 8.85. The van der Waals surface area contributed by atoms with Crippen LogP contribution in [0.4, 0.5) is 0 Å². The topological polar surface area (TPSA) is 99.6 Å². The molecule has 0 aromatic heterocycles. The van der Waals surface area contributed by atoms with Gasteiger partial charge in [-0.05, 0) is 106 Å². The fourth-order valence-corrected chi connectivity index (χ4v) is 4.43. The lowest BCUT2D eigenvalue weighted by Crippen LogP contribution is -1.94. The molecule has 4 aromatic rings. The SMILES string of the molecule is C/C=C(\C=C(/N)C#N)c1cccc(-c2ccc3cc(-c4cccc(C(/C=C(\N)C#N)=C/C)c4)ccc3c2)c1.CC. The molecule has 0 unspecified atom stereocenters. The van der Waals surface area contributed by atoms with E-state index in [0.29, 0.717) is 0 Å². The Hall–Kier alpha value is -5.32. The van der Waals surface area contributed by atoms with Crippen LogP contribution in [-0.2, 0) is 0 Å². The van der Waals surface area contributed by atoms with Crippen LogP contribution in [0.3, 0.4) is 0 Å². The van der Waals surface area contributed by atoms with Gasteiger partial charge in [0.2, 0.25) is 0 Å². The minimum Gasteiger partial charge on any atom is -0.390 e. The van der Waals surface area contributed by atoms with Crippen molar-refractivity contribution in [3.63, 3.8) is 0 Å². The Kier molecular flexibility index (Phi) is 10.2. The summed E-state index contributed by atoms with van der Waals surface area (Å²) in [6.45, 7) is 7.87. The van der Waals surface area contributed by atoms with Crippen LogP contribution in [-0.4, -0.2) is 0 Å². The van der Waals surface area contributed by atoms with E-state index in [1.165, 1.54) is 0 Å². The molecule has 4 heteroatoms.